The van der Waals surface area contributed by atoms with Crippen LogP contribution in [0, 0.1) is 5.82 Å². The van der Waals surface area contributed by atoms with Gasteiger partial charge < -0.3 is 10.3 Å². The number of aromatic nitrogens is 3. The Morgan fingerprint density at radius 3 is 2.83 bits per heavy atom. The molecule has 5 nitrogen and oxygen atoms in total. The fraction of sp³-hybridized carbons (Fsp3) is 0. The van der Waals surface area contributed by atoms with Crippen molar-refractivity contribution in [3.8, 4) is 22.4 Å². The molecule has 0 aliphatic heterocycles. The second-order valence-corrected chi connectivity index (χ2v) is 3.74. The third-order valence-electron chi connectivity index (χ3n) is 2.63. The number of nitrogen functional groups attached to an aromatic ring is 1. The van der Waals surface area contributed by atoms with E-state index in [1.54, 1.807) is 30.6 Å². The van der Waals surface area contributed by atoms with Gasteiger partial charge in [0, 0.05) is 17.3 Å². The predicted octanol–water partition coefficient (Wildman–Crippen LogP) is 2.45. The standard InChI is InChI=1S/C12H9FN4O/c13-9-4-2-1-3-8(9)10-11(17-18-12(10)14)7-5-15-16-6-7/h1-6H,14H2,(H,15,16). The molecular formula is C12H9FN4O. The summed E-state index contributed by atoms with van der Waals surface area (Å²) in [6, 6.07) is 6.33. The first-order chi connectivity index (χ1) is 8.77. The number of rotatable bonds is 2. The van der Waals surface area contributed by atoms with E-state index in [9.17, 15) is 4.39 Å². The lowest BCUT2D eigenvalue weighted by Crippen LogP contribution is -1.90. The Labute approximate surface area is 101 Å². The summed E-state index contributed by atoms with van der Waals surface area (Å²) >= 11 is 0. The van der Waals surface area contributed by atoms with Gasteiger partial charge in [0.15, 0.2) is 0 Å². The van der Waals surface area contributed by atoms with Gasteiger partial charge in [-0.3, -0.25) is 5.10 Å². The molecule has 2 aromatic heterocycles. The van der Waals surface area contributed by atoms with Crippen molar-refractivity contribution in [2.45, 2.75) is 0 Å². The molecular weight excluding hydrogens is 235 g/mol. The highest BCUT2D eigenvalue weighted by atomic mass is 19.1. The minimum Gasteiger partial charge on any atom is -0.367 e. The second kappa shape index (κ2) is 3.99. The smallest absolute Gasteiger partial charge is 0.230 e. The largest absolute Gasteiger partial charge is 0.367 e. The zero-order valence-electron chi connectivity index (χ0n) is 9.22. The summed E-state index contributed by atoms with van der Waals surface area (Å²) in [5.74, 6) is -0.298. The first kappa shape index (κ1) is 10.5. The van der Waals surface area contributed by atoms with Crippen molar-refractivity contribution in [2.24, 2.45) is 0 Å². The molecule has 0 saturated heterocycles. The van der Waals surface area contributed by atoms with Crippen molar-refractivity contribution in [2.75, 3.05) is 5.73 Å². The summed E-state index contributed by atoms with van der Waals surface area (Å²) in [4.78, 5) is 0. The average molecular weight is 244 g/mol. The Kier molecular flexibility index (Phi) is 2.33. The van der Waals surface area contributed by atoms with Gasteiger partial charge in [-0.25, -0.2) is 4.39 Å². The van der Waals surface area contributed by atoms with Crippen LogP contribution < -0.4 is 5.73 Å². The van der Waals surface area contributed by atoms with Crippen molar-refractivity contribution >= 4 is 5.88 Å². The highest BCUT2D eigenvalue weighted by Gasteiger charge is 2.20. The lowest BCUT2D eigenvalue weighted by atomic mass is 10.0. The molecule has 0 atom stereocenters. The molecule has 2 heterocycles. The molecule has 0 saturated carbocycles. The Bertz CT molecular complexity index is 675. The quantitative estimate of drug-likeness (QED) is 0.725. The molecule has 0 spiro atoms. The Hall–Kier alpha value is -2.63. The Morgan fingerprint density at radius 1 is 1.28 bits per heavy atom. The fourth-order valence-corrected chi connectivity index (χ4v) is 1.80. The number of anilines is 1. The molecule has 18 heavy (non-hydrogen) atoms. The van der Waals surface area contributed by atoms with E-state index in [1.165, 1.54) is 6.07 Å². The molecule has 0 aliphatic carbocycles. The monoisotopic (exact) mass is 244 g/mol. The summed E-state index contributed by atoms with van der Waals surface area (Å²) in [6.07, 6.45) is 3.21. The van der Waals surface area contributed by atoms with E-state index in [-0.39, 0.29) is 11.7 Å². The van der Waals surface area contributed by atoms with Crippen LogP contribution in [0.4, 0.5) is 10.3 Å². The normalized spacial score (nSPS) is 10.7. The molecule has 3 rings (SSSR count). The third kappa shape index (κ3) is 1.55. The van der Waals surface area contributed by atoms with Crippen LogP contribution in [0.15, 0.2) is 41.2 Å². The molecule has 90 valence electrons. The lowest BCUT2D eigenvalue weighted by molar-refractivity contribution is 0.439. The molecule has 0 amide bonds. The molecule has 3 N–H and O–H groups in total. The van der Waals surface area contributed by atoms with Crippen LogP contribution in [0.25, 0.3) is 22.4 Å². The maximum absolute atomic E-state index is 13.8. The van der Waals surface area contributed by atoms with E-state index in [4.69, 9.17) is 10.3 Å². The van der Waals surface area contributed by atoms with Crippen molar-refractivity contribution in [1.29, 1.82) is 0 Å². The average Bonchev–Trinajstić information content (AvgIpc) is 2.99. The molecule has 0 unspecified atom stereocenters. The summed E-state index contributed by atoms with van der Waals surface area (Å²) in [7, 11) is 0. The van der Waals surface area contributed by atoms with Crippen molar-refractivity contribution < 1.29 is 8.91 Å². The summed E-state index contributed by atoms with van der Waals surface area (Å²) < 4.78 is 18.8. The van der Waals surface area contributed by atoms with Crippen molar-refractivity contribution in [3.63, 3.8) is 0 Å². The minimum atomic E-state index is -0.378. The van der Waals surface area contributed by atoms with Crippen LogP contribution in [-0.2, 0) is 0 Å². The number of nitrogens with two attached hydrogens (primary N) is 1. The predicted molar refractivity (Wildman–Crippen MR) is 63.9 cm³/mol. The van der Waals surface area contributed by atoms with E-state index in [2.05, 4.69) is 15.4 Å². The minimum absolute atomic E-state index is 0.0799. The maximum Gasteiger partial charge on any atom is 0.230 e. The van der Waals surface area contributed by atoms with Crippen LogP contribution in [0.5, 0.6) is 0 Å². The molecule has 0 fully saturated rings. The Morgan fingerprint density at radius 2 is 2.11 bits per heavy atom. The van der Waals surface area contributed by atoms with E-state index in [1.807, 2.05) is 0 Å². The van der Waals surface area contributed by atoms with Crippen molar-refractivity contribution in [1.82, 2.24) is 15.4 Å². The van der Waals surface area contributed by atoms with E-state index < -0.39 is 0 Å². The molecule has 0 aliphatic rings. The summed E-state index contributed by atoms with van der Waals surface area (Å²) in [6.45, 7) is 0. The van der Waals surface area contributed by atoms with Gasteiger partial charge in [-0.2, -0.15) is 5.10 Å². The van der Waals surface area contributed by atoms with Gasteiger partial charge in [-0.15, -0.1) is 0 Å². The topological polar surface area (TPSA) is 80.7 Å². The number of nitrogens with one attached hydrogen (secondary N) is 1. The Balaban J connectivity index is 2.24. The zero-order valence-corrected chi connectivity index (χ0v) is 9.22. The second-order valence-electron chi connectivity index (χ2n) is 3.74. The number of hydrogen-bond acceptors (Lipinski definition) is 4. The number of hydrogen-bond donors (Lipinski definition) is 2. The van der Waals surface area contributed by atoms with Crippen LogP contribution in [0.2, 0.25) is 0 Å². The van der Waals surface area contributed by atoms with Crippen LogP contribution in [0.3, 0.4) is 0 Å². The third-order valence-corrected chi connectivity index (χ3v) is 2.63. The number of aromatic amines is 1. The van der Waals surface area contributed by atoms with Gasteiger partial charge in [-0.05, 0) is 6.07 Å². The number of H-pyrrole nitrogens is 1. The molecule has 1 aromatic carbocycles. The molecule has 3 aromatic rings. The van der Waals surface area contributed by atoms with Gasteiger partial charge in [0.25, 0.3) is 0 Å². The first-order valence-electron chi connectivity index (χ1n) is 5.26. The number of nitrogens with zero attached hydrogens (tertiary/aromatic N) is 2. The van der Waals surface area contributed by atoms with Crippen LogP contribution >= 0.6 is 0 Å². The van der Waals surface area contributed by atoms with Crippen LogP contribution in [0.1, 0.15) is 0 Å². The highest BCUT2D eigenvalue weighted by Crippen LogP contribution is 2.36. The molecule has 6 heteroatoms. The zero-order chi connectivity index (χ0) is 12.5. The fourth-order valence-electron chi connectivity index (χ4n) is 1.80. The molecule has 0 radical (unpaired) electrons. The maximum atomic E-state index is 13.8. The van der Waals surface area contributed by atoms with Gasteiger partial charge in [0.2, 0.25) is 5.88 Å². The molecule has 0 bridgehead atoms. The van der Waals surface area contributed by atoms with Crippen molar-refractivity contribution in [3.05, 3.63) is 42.5 Å². The highest BCUT2D eigenvalue weighted by molar-refractivity contribution is 5.86. The van der Waals surface area contributed by atoms with Gasteiger partial charge >= 0.3 is 0 Å². The SMILES string of the molecule is Nc1onc(-c2cn[nH]c2)c1-c1ccccc1F. The first-order valence-corrected chi connectivity index (χ1v) is 5.26. The van der Waals surface area contributed by atoms with E-state index in [0.717, 1.165) is 0 Å². The van der Waals surface area contributed by atoms with E-state index >= 15 is 0 Å². The van der Waals surface area contributed by atoms with E-state index in [0.29, 0.717) is 22.4 Å². The summed E-state index contributed by atoms with van der Waals surface area (Å²) in [5, 5.41) is 10.3. The lowest BCUT2D eigenvalue weighted by Gasteiger charge is -2.02. The number of benzene rings is 1. The van der Waals surface area contributed by atoms with Gasteiger partial charge in [0.05, 0.1) is 11.8 Å². The number of halogens is 1. The van der Waals surface area contributed by atoms with Crippen LogP contribution in [-0.4, -0.2) is 15.4 Å². The summed E-state index contributed by atoms with van der Waals surface area (Å²) in [5.41, 5.74) is 7.67. The van der Waals surface area contributed by atoms with Gasteiger partial charge in [-0.1, -0.05) is 23.4 Å². The van der Waals surface area contributed by atoms with Gasteiger partial charge in [0.1, 0.15) is 11.5 Å².